The number of amides is 1. The molecule has 73 valence electrons. The predicted octanol–water partition coefficient (Wildman–Crippen LogP) is 2.91. The van der Waals surface area contributed by atoms with E-state index in [0.717, 1.165) is 23.0 Å². The molecule has 1 aromatic rings. The molecule has 0 bridgehead atoms. The number of carbonyl (C=O) groups excluding carboxylic acids is 1. The summed E-state index contributed by atoms with van der Waals surface area (Å²) in [5.41, 5.74) is 2.24. The fraction of sp³-hybridized carbons (Fsp3) is 0.273. The van der Waals surface area contributed by atoms with E-state index in [9.17, 15) is 4.79 Å². The molecule has 1 aliphatic heterocycles. The molecule has 0 unspecified atom stereocenters. The van der Waals surface area contributed by atoms with Gasteiger partial charge in [-0.25, -0.2) is 0 Å². The summed E-state index contributed by atoms with van der Waals surface area (Å²) in [5.74, 6) is 0.0675. The average Bonchev–Trinajstić information content (AvgIpc) is 2.17. The molecule has 0 saturated heterocycles. The summed E-state index contributed by atoms with van der Waals surface area (Å²) >= 11 is 3.48. The third kappa shape index (κ3) is 1.57. The van der Waals surface area contributed by atoms with E-state index in [-0.39, 0.29) is 5.91 Å². The Morgan fingerprint density at radius 2 is 2.29 bits per heavy atom. The van der Waals surface area contributed by atoms with E-state index >= 15 is 0 Å². The highest BCUT2D eigenvalue weighted by Gasteiger charge is 2.22. The average molecular weight is 253 g/mol. The Kier molecular flexibility index (Phi) is 2.59. The van der Waals surface area contributed by atoms with E-state index in [1.807, 2.05) is 18.7 Å². The number of benzene rings is 1. The molecule has 1 aromatic carbocycles. The van der Waals surface area contributed by atoms with Gasteiger partial charge in [0.2, 0.25) is 5.91 Å². The third-order valence-electron chi connectivity index (χ3n) is 2.38. The molecule has 1 aliphatic rings. The van der Waals surface area contributed by atoms with Crippen LogP contribution in [-0.2, 0) is 11.2 Å². The van der Waals surface area contributed by atoms with Crippen LogP contribution in [0, 0.1) is 6.54 Å². The van der Waals surface area contributed by atoms with Crippen molar-refractivity contribution in [3.63, 3.8) is 0 Å². The summed E-state index contributed by atoms with van der Waals surface area (Å²) < 4.78 is 0.987. The van der Waals surface area contributed by atoms with Gasteiger partial charge in [0.15, 0.2) is 0 Å². The van der Waals surface area contributed by atoms with Crippen molar-refractivity contribution in [3.8, 4) is 0 Å². The van der Waals surface area contributed by atoms with Crippen molar-refractivity contribution in [2.24, 2.45) is 0 Å². The number of halogens is 1. The first-order valence-electron chi connectivity index (χ1n) is 4.60. The molecule has 0 spiro atoms. The zero-order chi connectivity index (χ0) is 10.1. The van der Waals surface area contributed by atoms with Crippen molar-refractivity contribution >= 4 is 27.5 Å². The quantitative estimate of drug-likeness (QED) is 0.696. The molecule has 1 radical (unpaired) electrons. The second kappa shape index (κ2) is 3.73. The van der Waals surface area contributed by atoms with E-state index in [1.54, 1.807) is 11.8 Å². The molecule has 1 heterocycles. The van der Waals surface area contributed by atoms with E-state index in [4.69, 9.17) is 0 Å². The zero-order valence-corrected chi connectivity index (χ0v) is 9.54. The maximum absolute atomic E-state index is 11.4. The second-order valence-corrected chi connectivity index (χ2v) is 4.21. The molecule has 14 heavy (non-hydrogen) atoms. The van der Waals surface area contributed by atoms with Crippen LogP contribution in [0.4, 0.5) is 5.69 Å². The smallest absolute Gasteiger partial charge is 0.224 e. The summed E-state index contributed by atoms with van der Waals surface area (Å²) in [6, 6.07) is 6.05. The fourth-order valence-corrected chi connectivity index (χ4v) is 2.36. The molecule has 0 fully saturated rings. The summed E-state index contributed by atoms with van der Waals surface area (Å²) in [7, 11) is 0. The van der Waals surface area contributed by atoms with Crippen molar-refractivity contribution in [1.82, 2.24) is 0 Å². The maximum Gasteiger partial charge on any atom is 0.224 e. The fourth-order valence-electron chi connectivity index (χ4n) is 1.76. The standard InChI is InChI=1S/C11H11BrNO/c1-8(14)13-7-3-5-9-4-2-6-10(12)11(9)13/h2,4,6-7H,3,5H2,1H3. The SMILES string of the molecule is CC(=O)N1[CH]CCc2cccc(Br)c21. The number of aryl methyl sites for hydroxylation is 1. The van der Waals surface area contributed by atoms with Crippen LogP contribution in [0.25, 0.3) is 0 Å². The van der Waals surface area contributed by atoms with Crippen LogP contribution >= 0.6 is 15.9 Å². The van der Waals surface area contributed by atoms with E-state index in [1.165, 1.54) is 5.56 Å². The molecular weight excluding hydrogens is 242 g/mol. The molecule has 0 aliphatic carbocycles. The minimum absolute atomic E-state index is 0.0675. The molecule has 2 rings (SSSR count). The van der Waals surface area contributed by atoms with Crippen LogP contribution in [0.2, 0.25) is 0 Å². The highest BCUT2D eigenvalue weighted by Crippen LogP contribution is 2.35. The van der Waals surface area contributed by atoms with Crippen molar-refractivity contribution in [1.29, 1.82) is 0 Å². The predicted molar refractivity (Wildman–Crippen MR) is 59.9 cm³/mol. The van der Waals surface area contributed by atoms with Gasteiger partial charge < -0.3 is 4.90 Å². The lowest BCUT2D eigenvalue weighted by molar-refractivity contribution is -0.116. The van der Waals surface area contributed by atoms with Gasteiger partial charge in [0.1, 0.15) is 0 Å². The summed E-state index contributed by atoms with van der Waals surface area (Å²) in [5, 5.41) is 0. The Labute approximate surface area is 92.0 Å². The minimum atomic E-state index is 0.0675. The number of carbonyl (C=O) groups is 1. The zero-order valence-electron chi connectivity index (χ0n) is 7.96. The highest BCUT2D eigenvalue weighted by atomic mass is 79.9. The third-order valence-corrected chi connectivity index (χ3v) is 3.02. The van der Waals surface area contributed by atoms with Crippen molar-refractivity contribution in [3.05, 3.63) is 34.8 Å². The lowest BCUT2D eigenvalue weighted by Crippen LogP contribution is -2.29. The van der Waals surface area contributed by atoms with Crippen molar-refractivity contribution in [2.75, 3.05) is 4.90 Å². The monoisotopic (exact) mass is 252 g/mol. The number of fused-ring (bicyclic) bond motifs is 1. The van der Waals surface area contributed by atoms with Crippen molar-refractivity contribution in [2.45, 2.75) is 19.8 Å². The van der Waals surface area contributed by atoms with Gasteiger partial charge in [-0.05, 0) is 40.4 Å². The van der Waals surface area contributed by atoms with Crippen LogP contribution in [0.3, 0.4) is 0 Å². The first kappa shape index (κ1) is 9.71. The Morgan fingerprint density at radius 3 is 3.00 bits per heavy atom. The lowest BCUT2D eigenvalue weighted by atomic mass is 10.0. The molecule has 0 aromatic heterocycles. The second-order valence-electron chi connectivity index (χ2n) is 3.36. The van der Waals surface area contributed by atoms with Crippen LogP contribution in [-0.4, -0.2) is 5.91 Å². The molecule has 0 atom stereocenters. The molecule has 1 amide bonds. The van der Waals surface area contributed by atoms with Gasteiger partial charge >= 0.3 is 0 Å². The van der Waals surface area contributed by atoms with Gasteiger partial charge in [-0.1, -0.05) is 12.1 Å². The normalized spacial score (nSPS) is 15.1. The highest BCUT2D eigenvalue weighted by molar-refractivity contribution is 9.10. The molecule has 0 N–H and O–H groups in total. The van der Waals surface area contributed by atoms with Crippen molar-refractivity contribution < 1.29 is 4.79 Å². The summed E-state index contributed by atoms with van der Waals surface area (Å²) in [4.78, 5) is 13.1. The van der Waals surface area contributed by atoms with Gasteiger partial charge in [0.05, 0.1) is 12.2 Å². The number of anilines is 1. The summed E-state index contributed by atoms with van der Waals surface area (Å²) in [6.45, 7) is 3.54. The van der Waals surface area contributed by atoms with E-state index in [2.05, 4.69) is 22.0 Å². The van der Waals surface area contributed by atoms with Crippen LogP contribution in [0.15, 0.2) is 22.7 Å². The number of para-hydroxylation sites is 1. The van der Waals surface area contributed by atoms with Gasteiger partial charge in [-0.3, -0.25) is 4.79 Å². The topological polar surface area (TPSA) is 20.3 Å². The van der Waals surface area contributed by atoms with E-state index in [0.29, 0.717) is 0 Å². The largest absolute Gasteiger partial charge is 0.306 e. The first-order chi connectivity index (χ1) is 6.70. The lowest BCUT2D eigenvalue weighted by Gasteiger charge is -2.28. The minimum Gasteiger partial charge on any atom is -0.306 e. The number of rotatable bonds is 0. The van der Waals surface area contributed by atoms with Crippen LogP contribution in [0.1, 0.15) is 18.9 Å². The number of hydrogen-bond donors (Lipinski definition) is 0. The molecular formula is C11H11BrNO. The van der Waals surface area contributed by atoms with Gasteiger partial charge in [0.25, 0.3) is 0 Å². The van der Waals surface area contributed by atoms with E-state index < -0.39 is 0 Å². The summed E-state index contributed by atoms with van der Waals surface area (Å²) in [6.07, 6.45) is 1.95. The Morgan fingerprint density at radius 1 is 1.50 bits per heavy atom. The Hall–Kier alpha value is -0.830. The van der Waals surface area contributed by atoms with Gasteiger partial charge in [-0.2, -0.15) is 0 Å². The Bertz CT molecular complexity index is 376. The number of nitrogens with zero attached hydrogens (tertiary/aromatic N) is 1. The molecule has 0 saturated carbocycles. The van der Waals surface area contributed by atoms with Crippen LogP contribution < -0.4 is 4.90 Å². The first-order valence-corrected chi connectivity index (χ1v) is 5.40. The van der Waals surface area contributed by atoms with Gasteiger partial charge in [0, 0.05) is 11.4 Å². The molecule has 2 nitrogen and oxygen atoms in total. The van der Waals surface area contributed by atoms with Crippen LogP contribution in [0.5, 0.6) is 0 Å². The van der Waals surface area contributed by atoms with Gasteiger partial charge in [-0.15, -0.1) is 0 Å². The Balaban J connectivity index is 2.52. The molecule has 3 heteroatoms. The maximum atomic E-state index is 11.4. The number of hydrogen-bond acceptors (Lipinski definition) is 1.